The molecule has 2 atom stereocenters. The van der Waals surface area contributed by atoms with E-state index in [1.165, 1.54) is 6.42 Å². The van der Waals surface area contributed by atoms with Gasteiger partial charge in [0.25, 0.3) is 11.8 Å². The Morgan fingerprint density at radius 2 is 1.76 bits per heavy atom. The molecular formula is C29H30N2O2S. The molecule has 1 fully saturated rings. The van der Waals surface area contributed by atoms with Crippen molar-refractivity contribution in [1.29, 1.82) is 0 Å². The van der Waals surface area contributed by atoms with E-state index in [2.05, 4.69) is 31.3 Å². The van der Waals surface area contributed by atoms with Crippen LogP contribution < -0.4 is 10.2 Å². The van der Waals surface area contributed by atoms with Crippen molar-refractivity contribution in [3.63, 3.8) is 0 Å². The molecule has 3 aromatic rings. The standard InChI is InChI=1S/C29H30N2O2S/c1-19-9-3-5-11-22(19)18-31-25-17-21(28(32)30-24-13-7-4-10-20(24)2)15-16-27(25)34-26-14-8-6-12-23(26)29(31)33/h3,5-6,8-9,11-12,14-17,20,24H,4,7,10,13,18H2,1-2H3,(H,30,32)/t20-,24-/m1/s1. The largest absolute Gasteiger partial charge is 0.349 e. The summed E-state index contributed by atoms with van der Waals surface area (Å²) >= 11 is 1.59. The molecule has 0 aromatic heterocycles. The van der Waals surface area contributed by atoms with Crippen LogP contribution in [0.1, 0.15) is 64.4 Å². The van der Waals surface area contributed by atoms with Crippen molar-refractivity contribution in [2.24, 2.45) is 5.92 Å². The molecule has 0 spiro atoms. The van der Waals surface area contributed by atoms with E-state index in [-0.39, 0.29) is 17.9 Å². The summed E-state index contributed by atoms with van der Waals surface area (Å²) in [5.41, 5.74) is 4.32. The fraction of sp³-hybridized carbons (Fsp3) is 0.310. The fourth-order valence-electron chi connectivity index (χ4n) is 4.96. The third-order valence-electron chi connectivity index (χ3n) is 7.11. The van der Waals surface area contributed by atoms with Crippen LogP contribution in [0, 0.1) is 12.8 Å². The van der Waals surface area contributed by atoms with Gasteiger partial charge in [-0.1, -0.05) is 67.9 Å². The quantitative estimate of drug-likeness (QED) is 0.466. The van der Waals surface area contributed by atoms with Crippen LogP contribution in [0.2, 0.25) is 0 Å². The molecular weight excluding hydrogens is 440 g/mol. The number of fused-ring (bicyclic) bond motifs is 2. The Bertz CT molecular complexity index is 1240. The highest BCUT2D eigenvalue weighted by Gasteiger charge is 2.29. The van der Waals surface area contributed by atoms with Crippen LogP contribution in [-0.2, 0) is 6.54 Å². The molecule has 1 aliphatic heterocycles. The molecule has 5 heteroatoms. The summed E-state index contributed by atoms with van der Waals surface area (Å²) < 4.78 is 0. The van der Waals surface area contributed by atoms with Gasteiger partial charge in [0, 0.05) is 21.4 Å². The third kappa shape index (κ3) is 4.49. The van der Waals surface area contributed by atoms with Crippen LogP contribution in [0.3, 0.4) is 0 Å². The van der Waals surface area contributed by atoms with Gasteiger partial charge in [-0.3, -0.25) is 9.59 Å². The zero-order valence-electron chi connectivity index (χ0n) is 19.7. The zero-order chi connectivity index (χ0) is 23.7. The number of hydrogen-bond donors (Lipinski definition) is 1. The van der Waals surface area contributed by atoms with Crippen molar-refractivity contribution in [2.45, 2.75) is 61.9 Å². The van der Waals surface area contributed by atoms with Gasteiger partial charge in [-0.2, -0.15) is 0 Å². The van der Waals surface area contributed by atoms with Crippen LogP contribution >= 0.6 is 11.8 Å². The van der Waals surface area contributed by atoms with Crippen molar-refractivity contribution in [2.75, 3.05) is 4.90 Å². The lowest BCUT2D eigenvalue weighted by atomic mass is 9.86. The first-order valence-electron chi connectivity index (χ1n) is 12.1. The van der Waals surface area contributed by atoms with Gasteiger partial charge in [0.1, 0.15) is 0 Å². The van der Waals surface area contributed by atoms with Crippen molar-refractivity contribution in [1.82, 2.24) is 5.32 Å². The molecule has 5 rings (SSSR count). The first kappa shape index (κ1) is 22.7. The van der Waals surface area contributed by atoms with E-state index in [1.807, 2.05) is 59.5 Å². The number of anilines is 1. The number of aryl methyl sites for hydroxylation is 1. The summed E-state index contributed by atoms with van der Waals surface area (Å²) in [6.45, 7) is 4.74. The molecule has 3 aromatic carbocycles. The summed E-state index contributed by atoms with van der Waals surface area (Å²) in [6, 6.07) is 21.9. The maximum atomic E-state index is 13.8. The lowest BCUT2D eigenvalue weighted by Gasteiger charge is -2.29. The minimum Gasteiger partial charge on any atom is -0.349 e. The molecule has 0 radical (unpaired) electrons. The molecule has 34 heavy (non-hydrogen) atoms. The highest BCUT2D eigenvalue weighted by molar-refractivity contribution is 7.99. The van der Waals surface area contributed by atoms with Gasteiger partial charge < -0.3 is 10.2 Å². The summed E-state index contributed by atoms with van der Waals surface area (Å²) in [5.74, 6) is 0.392. The molecule has 0 bridgehead atoms. The highest BCUT2D eigenvalue weighted by Crippen LogP contribution is 2.42. The second-order valence-electron chi connectivity index (χ2n) is 9.44. The first-order valence-corrected chi connectivity index (χ1v) is 12.9. The van der Waals surface area contributed by atoms with E-state index in [4.69, 9.17) is 0 Å². The minimum absolute atomic E-state index is 0.0384. The Hall–Kier alpha value is -3.05. The molecule has 174 valence electrons. The lowest BCUT2D eigenvalue weighted by molar-refractivity contribution is 0.0908. The number of hydrogen-bond acceptors (Lipinski definition) is 3. The zero-order valence-corrected chi connectivity index (χ0v) is 20.5. The molecule has 1 saturated carbocycles. The second-order valence-corrected chi connectivity index (χ2v) is 10.5. The van der Waals surface area contributed by atoms with E-state index in [9.17, 15) is 9.59 Å². The average molecular weight is 471 g/mol. The van der Waals surface area contributed by atoms with Gasteiger partial charge in [-0.25, -0.2) is 0 Å². The Kier molecular flexibility index (Phi) is 6.46. The second kappa shape index (κ2) is 9.67. The Labute approximate surface area is 205 Å². The van der Waals surface area contributed by atoms with Gasteiger partial charge in [0.15, 0.2) is 0 Å². The normalized spacial score (nSPS) is 19.7. The SMILES string of the molecule is Cc1ccccc1CN1C(=O)c2ccccc2Sc2ccc(C(=O)N[C@@H]3CCCC[C@H]3C)cc21. The van der Waals surface area contributed by atoms with Crippen LogP contribution in [0.25, 0.3) is 0 Å². The van der Waals surface area contributed by atoms with E-state index < -0.39 is 0 Å². The predicted molar refractivity (Wildman–Crippen MR) is 138 cm³/mol. The van der Waals surface area contributed by atoms with Crippen LogP contribution in [0.5, 0.6) is 0 Å². The Morgan fingerprint density at radius 3 is 2.59 bits per heavy atom. The fourth-order valence-corrected chi connectivity index (χ4v) is 6.02. The lowest BCUT2D eigenvalue weighted by Crippen LogP contribution is -2.41. The van der Waals surface area contributed by atoms with Crippen molar-refractivity contribution < 1.29 is 9.59 Å². The minimum atomic E-state index is -0.0587. The number of nitrogens with one attached hydrogen (secondary N) is 1. The van der Waals surface area contributed by atoms with Crippen LogP contribution in [-0.4, -0.2) is 17.9 Å². The van der Waals surface area contributed by atoms with E-state index in [0.717, 1.165) is 45.9 Å². The maximum absolute atomic E-state index is 13.8. The molecule has 1 heterocycles. The Morgan fingerprint density at radius 1 is 1.00 bits per heavy atom. The number of rotatable bonds is 4. The van der Waals surface area contributed by atoms with Gasteiger partial charge in [-0.05, 0) is 67.1 Å². The van der Waals surface area contributed by atoms with Gasteiger partial charge in [0.05, 0.1) is 17.8 Å². The van der Waals surface area contributed by atoms with Crippen LogP contribution in [0.15, 0.2) is 76.5 Å². The smallest absolute Gasteiger partial charge is 0.259 e. The van der Waals surface area contributed by atoms with Crippen molar-refractivity contribution in [3.05, 3.63) is 89.0 Å². The molecule has 4 nitrogen and oxygen atoms in total. The first-order chi connectivity index (χ1) is 16.5. The number of carbonyl (C=O) groups is 2. The monoisotopic (exact) mass is 470 g/mol. The Balaban J connectivity index is 1.53. The number of carbonyl (C=O) groups excluding carboxylic acids is 2. The molecule has 2 amide bonds. The van der Waals surface area contributed by atoms with E-state index >= 15 is 0 Å². The molecule has 1 aliphatic carbocycles. The van der Waals surface area contributed by atoms with Crippen molar-refractivity contribution >= 4 is 29.3 Å². The van der Waals surface area contributed by atoms with E-state index in [0.29, 0.717) is 23.6 Å². The predicted octanol–water partition coefficient (Wildman–Crippen LogP) is 6.62. The topological polar surface area (TPSA) is 49.4 Å². The van der Waals surface area contributed by atoms with E-state index in [1.54, 1.807) is 11.8 Å². The molecule has 0 unspecified atom stereocenters. The van der Waals surface area contributed by atoms with Crippen LogP contribution in [0.4, 0.5) is 5.69 Å². The number of nitrogens with zero attached hydrogens (tertiary/aromatic N) is 1. The molecule has 0 saturated heterocycles. The summed E-state index contributed by atoms with van der Waals surface area (Å²) in [4.78, 5) is 30.7. The third-order valence-corrected chi connectivity index (χ3v) is 8.25. The average Bonchev–Trinajstić information content (AvgIpc) is 2.96. The molecule has 1 N–H and O–H groups in total. The summed E-state index contributed by atoms with van der Waals surface area (Å²) in [7, 11) is 0. The molecule has 2 aliphatic rings. The summed E-state index contributed by atoms with van der Waals surface area (Å²) in [6.07, 6.45) is 4.58. The van der Waals surface area contributed by atoms with Gasteiger partial charge >= 0.3 is 0 Å². The van der Waals surface area contributed by atoms with Gasteiger partial charge in [-0.15, -0.1) is 0 Å². The number of amides is 2. The van der Waals surface area contributed by atoms with Crippen molar-refractivity contribution in [3.8, 4) is 0 Å². The van der Waals surface area contributed by atoms with Gasteiger partial charge in [0.2, 0.25) is 0 Å². The number of benzene rings is 3. The maximum Gasteiger partial charge on any atom is 0.259 e. The highest BCUT2D eigenvalue weighted by atomic mass is 32.2. The summed E-state index contributed by atoms with van der Waals surface area (Å²) in [5, 5.41) is 3.26.